The van der Waals surface area contributed by atoms with E-state index < -0.39 is 47.1 Å². The second kappa shape index (κ2) is 10.4. The zero-order chi connectivity index (χ0) is 25.9. The normalized spacial score (nSPS) is 19.1. The number of hydrogen-bond acceptors (Lipinski definition) is 0. The predicted molar refractivity (Wildman–Crippen MR) is 157 cm³/mol. The molecule has 37 heavy (non-hydrogen) atoms. The Morgan fingerprint density at radius 2 is 1.03 bits per heavy atom. The van der Waals surface area contributed by atoms with Gasteiger partial charge in [-0.2, -0.15) is 0 Å². The van der Waals surface area contributed by atoms with E-state index in [2.05, 4.69) is 99.7 Å². The van der Waals surface area contributed by atoms with Crippen LogP contribution in [0.5, 0.6) is 0 Å². The summed E-state index contributed by atoms with van der Waals surface area (Å²) in [6, 6.07) is 27.3. The van der Waals surface area contributed by atoms with Crippen molar-refractivity contribution in [3.05, 3.63) is 106 Å². The number of allylic oxidation sites excluding steroid dienone is 4. The van der Waals surface area contributed by atoms with Gasteiger partial charge in [0.1, 0.15) is 0 Å². The summed E-state index contributed by atoms with van der Waals surface area (Å²) in [7, 11) is 0. The molecule has 0 saturated heterocycles. The van der Waals surface area contributed by atoms with Gasteiger partial charge in [0.2, 0.25) is 0 Å². The molecule has 0 nitrogen and oxygen atoms in total. The summed E-state index contributed by atoms with van der Waals surface area (Å²) < 4.78 is 0.0615. The third-order valence-electron chi connectivity index (χ3n) is 8.24. The minimum atomic E-state index is -1.29. The molecule has 0 amide bonds. The van der Waals surface area contributed by atoms with Crippen molar-refractivity contribution in [2.75, 3.05) is 11.8 Å². The minimum absolute atomic E-state index is 0.620. The summed E-state index contributed by atoms with van der Waals surface area (Å²) in [5.41, 5.74) is 12.1. The molecule has 4 aromatic rings. The van der Waals surface area contributed by atoms with Crippen molar-refractivity contribution >= 4 is 58.2 Å². The van der Waals surface area contributed by atoms with E-state index in [1.165, 1.54) is 43.8 Å². The maximum absolute atomic E-state index is 6.62. The number of benzene rings is 4. The zero-order valence-electron chi connectivity index (χ0n) is 21.8. The van der Waals surface area contributed by atoms with Gasteiger partial charge < -0.3 is 0 Å². The van der Waals surface area contributed by atoms with E-state index in [4.69, 9.17) is 23.2 Å². The molecule has 0 heterocycles. The monoisotopic (exact) mass is 692 g/mol. The van der Waals surface area contributed by atoms with Crippen LogP contribution in [0.3, 0.4) is 0 Å². The van der Waals surface area contributed by atoms with Crippen LogP contribution in [0.15, 0.2) is 83.9 Å². The van der Waals surface area contributed by atoms with Gasteiger partial charge >= 0.3 is 255 Å². The van der Waals surface area contributed by atoms with E-state index in [-0.39, 0.29) is 0 Å². The van der Waals surface area contributed by atoms with Gasteiger partial charge in [0.05, 0.1) is 0 Å². The Labute approximate surface area is 252 Å². The van der Waals surface area contributed by atoms with Crippen molar-refractivity contribution in [2.24, 2.45) is 0 Å². The van der Waals surface area contributed by atoms with Gasteiger partial charge in [0.25, 0.3) is 0 Å². The Morgan fingerprint density at radius 3 is 1.43 bits per heavy atom. The van der Waals surface area contributed by atoms with Crippen LogP contribution >= 0.6 is 23.2 Å². The van der Waals surface area contributed by atoms with Gasteiger partial charge in [0, 0.05) is 0 Å². The molecule has 0 saturated carbocycles. The summed E-state index contributed by atoms with van der Waals surface area (Å²) in [6.45, 7) is 10.3. The molecule has 0 radical (unpaired) electrons. The second-order valence-electron chi connectivity index (χ2n) is 10.9. The van der Waals surface area contributed by atoms with Crippen molar-refractivity contribution in [1.82, 2.24) is 0 Å². The first-order valence-corrected chi connectivity index (χ1v) is 27.2. The van der Waals surface area contributed by atoms with Crippen LogP contribution in [-0.4, -0.2) is 14.1 Å². The fourth-order valence-corrected chi connectivity index (χ4v) is 44.4. The molecule has 2 aliphatic carbocycles. The average molecular weight is 696 g/mol. The summed E-state index contributed by atoms with van der Waals surface area (Å²) in [5, 5.41) is 5.44. The van der Waals surface area contributed by atoms with Gasteiger partial charge in [-0.25, -0.2) is 0 Å². The second-order valence-corrected chi connectivity index (χ2v) is 49.8. The van der Waals surface area contributed by atoms with Crippen LogP contribution in [-0.2, 0) is 44.8 Å². The van der Waals surface area contributed by atoms with Crippen LogP contribution < -0.4 is 0 Å². The standard InChI is InChI=1S/2C15H12Cl.C2H6Si.2Zr/c2*1-10-8-12-7-6-11-4-2-3-5-13(11)15(12)14(10)9-16;1-3-2;;/h2*2-8H,9H2,1H3;1-2H3;;. The number of rotatable bonds is 6. The molecular formula is C32H30Cl2SiZr2. The summed E-state index contributed by atoms with van der Waals surface area (Å²) >= 11 is 11.9. The Hall–Kier alpha value is -0.557. The molecule has 5 heteroatoms. The number of fused-ring (bicyclic) bond motifs is 6. The van der Waals surface area contributed by atoms with E-state index >= 15 is 0 Å². The maximum atomic E-state index is 6.62. The van der Waals surface area contributed by atoms with Crippen LogP contribution in [0.4, 0.5) is 0 Å². The molecular weight excluding hydrogens is 666 g/mol. The van der Waals surface area contributed by atoms with E-state index in [0.29, 0.717) is 19.0 Å². The molecule has 0 aliphatic heterocycles. The van der Waals surface area contributed by atoms with Gasteiger partial charge in [-0.3, -0.25) is 0 Å². The topological polar surface area (TPSA) is 0 Å². The molecule has 4 aromatic carbocycles. The Bertz CT molecular complexity index is 1500. The molecule has 0 fully saturated rings. The fourth-order valence-electron chi connectivity index (χ4n) is 6.42. The van der Waals surface area contributed by atoms with Gasteiger partial charge in [-0.1, -0.05) is 0 Å². The van der Waals surface area contributed by atoms with Crippen LogP contribution in [0, 0.1) is 0 Å². The van der Waals surface area contributed by atoms with Crippen LogP contribution in [0.25, 0.3) is 32.7 Å². The van der Waals surface area contributed by atoms with Gasteiger partial charge in [-0.05, 0) is 0 Å². The third kappa shape index (κ3) is 4.54. The molecule has 0 N–H and O–H groups in total. The Morgan fingerprint density at radius 1 is 0.622 bits per heavy atom. The average Bonchev–Trinajstić information content (AvgIpc) is 3.33. The SMILES string of the molecule is CC1=C(CCl)c2c(ccc3ccccc23)[CH]1[Zr][Si](C)(C)[Zr][CH]1C(C)=C(CCl)c2c1ccc1ccccc21. The zero-order valence-corrected chi connectivity index (χ0v) is 29.2. The van der Waals surface area contributed by atoms with Gasteiger partial charge in [0.15, 0.2) is 0 Å². The molecule has 0 spiro atoms. The number of alkyl halides is 2. The summed E-state index contributed by atoms with van der Waals surface area (Å²) in [5.74, 6) is 1.24. The van der Waals surface area contributed by atoms with Crippen molar-refractivity contribution in [1.29, 1.82) is 0 Å². The van der Waals surface area contributed by atoms with Gasteiger partial charge in [-0.15, -0.1) is 0 Å². The fraction of sp³-hybridized carbons (Fsp3) is 0.250. The molecule has 6 rings (SSSR count). The van der Waals surface area contributed by atoms with E-state index in [1.807, 2.05) is 0 Å². The Kier molecular flexibility index (Phi) is 7.53. The summed E-state index contributed by atoms with van der Waals surface area (Å²) in [4.78, 5) is 0. The molecule has 2 aliphatic rings. The molecule has 2 atom stereocenters. The van der Waals surface area contributed by atoms with E-state index in [9.17, 15) is 0 Å². The van der Waals surface area contributed by atoms with Crippen molar-refractivity contribution in [3.63, 3.8) is 0 Å². The van der Waals surface area contributed by atoms with Crippen molar-refractivity contribution in [2.45, 2.75) is 34.2 Å². The van der Waals surface area contributed by atoms with E-state index in [1.54, 1.807) is 22.3 Å². The van der Waals surface area contributed by atoms with Crippen molar-refractivity contribution < 1.29 is 44.8 Å². The quantitative estimate of drug-likeness (QED) is 0.139. The first kappa shape index (κ1) is 26.7. The first-order valence-electron chi connectivity index (χ1n) is 12.9. The van der Waals surface area contributed by atoms with Crippen LogP contribution in [0.1, 0.15) is 43.4 Å². The third-order valence-corrected chi connectivity index (χ3v) is 42.0. The van der Waals surface area contributed by atoms with Crippen molar-refractivity contribution in [3.8, 4) is 0 Å². The van der Waals surface area contributed by atoms with Crippen LogP contribution in [0.2, 0.25) is 13.1 Å². The number of hydrogen-bond donors (Lipinski definition) is 0. The molecule has 0 bridgehead atoms. The summed E-state index contributed by atoms with van der Waals surface area (Å²) in [6.07, 6.45) is 0. The molecule has 0 aromatic heterocycles. The Balaban J connectivity index is 1.37. The van der Waals surface area contributed by atoms with E-state index in [0.717, 1.165) is 0 Å². The first-order chi connectivity index (χ1) is 17.8. The number of halogens is 2. The molecule has 2 unspecified atom stereocenters. The molecule has 184 valence electrons. The predicted octanol–water partition coefficient (Wildman–Crippen LogP) is 9.69.